The van der Waals surface area contributed by atoms with Crippen molar-refractivity contribution in [2.24, 2.45) is 4.99 Å². The number of amides is 1. The number of carbonyl (C=O) groups excluding carboxylic acids is 1. The van der Waals surface area contributed by atoms with Gasteiger partial charge >= 0.3 is 0 Å². The highest BCUT2D eigenvalue weighted by Crippen LogP contribution is 2.22. The predicted octanol–water partition coefficient (Wildman–Crippen LogP) is 4.98. The van der Waals surface area contributed by atoms with Crippen molar-refractivity contribution in [1.82, 2.24) is 21.1 Å². The smallest absolute Gasteiger partial charge is 0.251 e. The zero-order valence-corrected chi connectivity index (χ0v) is 22.1. The van der Waals surface area contributed by atoms with Gasteiger partial charge in [-0.1, -0.05) is 44.5 Å². The van der Waals surface area contributed by atoms with Crippen LogP contribution in [-0.4, -0.2) is 30.1 Å². The van der Waals surface area contributed by atoms with Crippen molar-refractivity contribution in [3.8, 4) is 0 Å². The Labute approximate surface area is 209 Å². The van der Waals surface area contributed by atoms with Crippen molar-refractivity contribution < 1.29 is 9.32 Å². The van der Waals surface area contributed by atoms with E-state index in [0.717, 1.165) is 49.2 Å². The third kappa shape index (κ3) is 9.18. The van der Waals surface area contributed by atoms with Crippen LogP contribution in [0.5, 0.6) is 0 Å². The van der Waals surface area contributed by atoms with Gasteiger partial charge in [-0.2, -0.15) is 0 Å². The van der Waals surface area contributed by atoms with Crippen LogP contribution in [0.3, 0.4) is 0 Å². The van der Waals surface area contributed by atoms with Crippen LogP contribution in [0, 0.1) is 0 Å². The molecule has 0 spiro atoms. The topological polar surface area (TPSA) is 91.5 Å². The van der Waals surface area contributed by atoms with Crippen LogP contribution < -0.4 is 16.0 Å². The molecule has 0 aliphatic carbocycles. The average molecular weight is 556 g/mol. The first kappa shape index (κ1) is 27.9. The van der Waals surface area contributed by atoms with Crippen LogP contribution in [0.4, 0.5) is 0 Å². The third-order valence-corrected chi connectivity index (χ3v) is 5.21. The van der Waals surface area contributed by atoms with Gasteiger partial charge in [0.1, 0.15) is 0 Å². The first-order chi connectivity index (χ1) is 15.1. The Bertz CT molecular complexity index is 816. The number of nitrogens with one attached hydrogen (secondary N) is 3. The summed E-state index contributed by atoms with van der Waals surface area (Å²) in [5, 5.41) is 13.7. The number of aromatic nitrogens is 1. The molecule has 0 aliphatic rings. The van der Waals surface area contributed by atoms with Gasteiger partial charge in [0.2, 0.25) is 0 Å². The monoisotopic (exact) mass is 555 g/mol. The first-order valence-electron chi connectivity index (χ1n) is 11.5. The summed E-state index contributed by atoms with van der Waals surface area (Å²) >= 11 is 0. The van der Waals surface area contributed by atoms with Crippen LogP contribution in [0.1, 0.15) is 86.7 Å². The second-order valence-corrected chi connectivity index (χ2v) is 7.59. The number of aliphatic imine (C=N–C) groups is 1. The minimum absolute atomic E-state index is 0. The molecule has 0 radical (unpaired) electrons. The van der Waals surface area contributed by atoms with E-state index in [9.17, 15) is 4.79 Å². The Morgan fingerprint density at radius 1 is 1.06 bits per heavy atom. The van der Waals surface area contributed by atoms with Crippen molar-refractivity contribution in [3.63, 3.8) is 0 Å². The second kappa shape index (κ2) is 15.7. The number of hydrogen-bond acceptors (Lipinski definition) is 4. The van der Waals surface area contributed by atoms with Crippen LogP contribution in [0.25, 0.3) is 0 Å². The molecule has 2 aromatic rings. The van der Waals surface area contributed by atoms with Crippen molar-refractivity contribution in [2.45, 2.75) is 72.4 Å². The van der Waals surface area contributed by atoms with E-state index in [1.165, 1.54) is 0 Å². The van der Waals surface area contributed by atoms with Crippen molar-refractivity contribution >= 4 is 35.8 Å². The van der Waals surface area contributed by atoms with E-state index in [4.69, 9.17) is 4.52 Å². The Hall–Kier alpha value is -2.10. The summed E-state index contributed by atoms with van der Waals surface area (Å²) in [7, 11) is 0. The average Bonchev–Trinajstić information content (AvgIpc) is 3.25. The molecule has 0 atom stereocenters. The Balaban J connectivity index is 0.00000512. The zero-order valence-electron chi connectivity index (χ0n) is 19.7. The number of guanidine groups is 1. The molecule has 0 bridgehead atoms. The highest BCUT2D eigenvalue weighted by atomic mass is 127. The van der Waals surface area contributed by atoms with E-state index in [0.29, 0.717) is 37.1 Å². The fraction of sp³-hybridized carbons (Fsp3) is 0.542. The second-order valence-electron chi connectivity index (χ2n) is 7.59. The molecule has 7 nitrogen and oxygen atoms in total. The lowest BCUT2D eigenvalue weighted by atomic mass is 9.99. The number of carbonyl (C=O) groups is 1. The fourth-order valence-corrected chi connectivity index (χ4v) is 3.24. The summed E-state index contributed by atoms with van der Waals surface area (Å²) in [5.74, 6) is 1.92. The van der Waals surface area contributed by atoms with Gasteiger partial charge in [0.05, 0.1) is 18.8 Å². The molecule has 178 valence electrons. The molecule has 2 rings (SSSR count). The summed E-state index contributed by atoms with van der Waals surface area (Å²) in [6.45, 7) is 11.0. The normalized spacial score (nSPS) is 11.2. The number of benzene rings is 1. The van der Waals surface area contributed by atoms with Gasteiger partial charge in [0.25, 0.3) is 5.91 Å². The minimum atomic E-state index is -0.0293. The van der Waals surface area contributed by atoms with Gasteiger partial charge in [-0.25, -0.2) is 4.99 Å². The first-order valence-corrected chi connectivity index (χ1v) is 11.5. The van der Waals surface area contributed by atoms with Gasteiger partial charge in [0, 0.05) is 30.6 Å². The predicted molar refractivity (Wildman–Crippen MR) is 141 cm³/mol. The maximum atomic E-state index is 12.1. The molecular formula is C24H38IN5O2. The van der Waals surface area contributed by atoms with Gasteiger partial charge in [-0.05, 0) is 43.9 Å². The van der Waals surface area contributed by atoms with E-state index in [2.05, 4.69) is 46.9 Å². The van der Waals surface area contributed by atoms with E-state index in [-0.39, 0.29) is 29.9 Å². The number of rotatable bonds is 12. The number of hydrogen-bond donors (Lipinski definition) is 3. The highest BCUT2D eigenvalue weighted by Gasteiger charge is 2.13. The summed E-state index contributed by atoms with van der Waals surface area (Å²) in [6.07, 6.45) is 4.17. The lowest BCUT2D eigenvalue weighted by molar-refractivity contribution is 0.0953. The van der Waals surface area contributed by atoms with Crippen LogP contribution in [-0.2, 0) is 13.1 Å². The fourth-order valence-electron chi connectivity index (χ4n) is 3.24. The maximum Gasteiger partial charge on any atom is 0.251 e. The van der Waals surface area contributed by atoms with Crippen molar-refractivity contribution in [2.75, 3.05) is 13.1 Å². The molecule has 1 heterocycles. The molecule has 0 saturated carbocycles. The van der Waals surface area contributed by atoms with Gasteiger partial charge in [-0.15, -0.1) is 24.0 Å². The van der Waals surface area contributed by atoms with Crippen LogP contribution >= 0.6 is 24.0 Å². The molecular weight excluding hydrogens is 517 g/mol. The van der Waals surface area contributed by atoms with E-state index in [1.54, 1.807) is 0 Å². The van der Waals surface area contributed by atoms with Gasteiger partial charge in [-0.3, -0.25) is 4.79 Å². The summed E-state index contributed by atoms with van der Waals surface area (Å²) in [4.78, 5) is 16.8. The van der Waals surface area contributed by atoms with Crippen molar-refractivity contribution in [3.05, 3.63) is 52.9 Å². The lowest BCUT2D eigenvalue weighted by Crippen LogP contribution is -2.36. The summed E-state index contributed by atoms with van der Waals surface area (Å²) in [5.41, 5.74) is 2.73. The number of nitrogens with zero attached hydrogens (tertiary/aromatic N) is 2. The molecule has 0 fully saturated rings. The van der Waals surface area contributed by atoms with E-state index < -0.39 is 0 Å². The Kier molecular flexibility index (Phi) is 13.7. The van der Waals surface area contributed by atoms with Gasteiger partial charge < -0.3 is 20.5 Å². The van der Waals surface area contributed by atoms with Crippen molar-refractivity contribution in [1.29, 1.82) is 0 Å². The lowest BCUT2D eigenvalue weighted by Gasteiger charge is -2.10. The summed E-state index contributed by atoms with van der Waals surface area (Å²) < 4.78 is 5.48. The van der Waals surface area contributed by atoms with E-state index in [1.807, 2.05) is 37.3 Å². The van der Waals surface area contributed by atoms with Gasteiger partial charge in [0.15, 0.2) is 11.7 Å². The standard InChI is InChI=1S/C24H37N5O2.HI/c1-5-9-14-26-23(30)20-12-10-18(11-13-20)16-27-24(25-8-4)28-17-21-15-22(29-31-21)19(6-2)7-3;/h10-13,15,19H,5-9,14,16-17H2,1-4H3,(H,26,30)(H2,25,27,28);1H. The zero-order chi connectivity index (χ0) is 22.5. The largest absolute Gasteiger partial charge is 0.359 e. The highest BCUT2D eigenvalue weighted by molar-refractivity contribution is 14.0. The Morgan fingerprint density at radius 2 is 1.78 bits per heavy atom. The molecule has 3 N–H and O–H groups in total. The molecule has 0 unspecified atom stereocenters. The SMILES string of the molecule is CCCCNC(=O)c1ccc(CN=C(NCC)NCc2cc(C(CC)CC)no2)cc1.I. The summed E-state index contributed by atoms with van der Waals surface area (Å²) in [6, 6.07) is 9.61. The molecule has 0 aliphatic heterocycles. The Morgan fingerprint density at radius 3 is 2.41 bits per heavy atom. The molecule has 32 heavy (non-hydrogen) atoms. The maximum absolute atomic E-state index is 12.1. The third-order valence-electron chi connectivity index (χ3n) is 5.21. The van der Waals surface area contributed by atoms with Crippen LogP contribution in [0.15, 0.2) is 39.8 Å². The number of unbranched alkanes of at least 4 members (excludes halogenated alkanes) is 1. The minimum Gasteiger partial charge on any atom is -0.359 e. The quantitative estimate of drug-likeness (QED) is 0.149. The molecule has 1 aromatic heterocycles. The molecule has 1 amide bonds. The number of halogens is 1. The molecule has 8 heteroatoms. The molecule has 0 saturated heterocycles. The van der Waals surface area contributed by atoms with E-state index >= 15 is 0 Å². The molecule has 1 aromatic carbocycles. The van der Waals surface area contributed by atoms with Crippen LogP contribution in [0.2, 0.25) is 0 Å².